The van der Waals surface area contributed by atoms with Gasteiger partial charge in [-0.1, -0.05) is 0 Å². The maximum Gasteiger partial charge on any atom is 0.487 e. The van der Waals surface area contributed by atoms with E-state index in [0.717, 1.165) is 5.56 Å². The Balaban J connectivity index is 1.44. The lowest BCUT2D eigenvalue weighted by Crippen LogP contribution is -2.33. The predicted octanol–water partition coefficient (Wildman–Crippen LogP) is 3.70. The molecule has 1 saturated heterocycles. The van der Waals surface area contributed by atoms with Gasteiger partial charge in [-0.15, -0.1) is 8.78 Å². The number of nitrogens with one attached hydrogen (secondary N) is 2. The molecule has 9 nitrogen and oxygen atoms in total. The Labute approximate surface area is 216 Å². The Morgan fingerprint density at radius 2 is 2.03 bits per heavy atom. The number of hydrogen-bond acceptors (Lipinski definition) is 6. The highest BCUT2D eigenvalue weighted by molar-refractivity contribution is 6.20. The van der Waals surface area contributed by atoms with E-state index in [1.165, 1.54) is 30.5 Å². The number of aromatic nitrogens is 2. The van der Waals surface area contributed by atoms with Crippen molar-refractivity contribution in [3.05, 3.63) is 59.4 Å². The maximum absolute atomic E-state index is 13.0. The number of benzene rings is 1. The molecular weight excluding hydrogens is 508 g/mol. The van der Waals surface area contributed by atoms with Crippen LogP contribution in [-0.2, 0) is 6.42 Å². The van der Waals surface area contributed by atoms with Gasteiger partial charge in [-0.25, -0.2) is 4.98 Å². The minimum Gasteiger partial charge on any atom is -0.420 e. The molecule has 194 valence electrons. The lowest BCUT2D eigenvalue weighted by molar-refractivity contribution is -0.0964. The van der Waals surface area contributed by atoms with Crippen LogP contribution in [0.4, 0.5) is 20.3 Å². The highest BCUT2D eigenvalue weighted by Crippen LogP contribution is 2.34. The summed E-state index contributed by atoms with van der Waals surface area (Å²) in [6, 6.07) is 8.92. The minimum absolute atomic E-state index is 0.105. The second kappa shape index (κ2) is 9.64. The van der Waals surface area contributed by atoms with Crippen LogP contribution in [0.1, 0.15) is 32.8 Å². The van der Waals surface area contributed by atoms with Gasteiger partial charge in [0.05, 0.1) is 17.4 Å². The minimum atomic E-state index is -3.84. The largest absolute Gasteiger partial charge is 0.487 e. The summed E-state index contributed by atoms with van der Waals surface area (Å²) in [6.07, 6.45) is 2.26. The molecule has 0 bridgehead atoms. The number of nitrogens with zero attached hydrogens (tertiary/aromatic N) is 3. The average Bonchev–Trinajstić information content (AvgIpc) is 3.48. The maximum atomic E-state index is 13.0. The Morgan fingerprint density at radius 1 is 1.27 bits per heavy atom. The van der Waals surface area contributed by atoms with Crippen LogP contribution in [0.5, 0.6) is 5.75 Å². The van der Waals surface area contributed by atoms with Crippen LogP contribution in [0, 0.1) is 0 Å². The summed E-state index contributed by atoms with van der Waals surface area (Å²) >= 11 is 4.78. The van der Waals surface area contributed by atoms with Crippen LogP contribution >= 0.6 is 11.6 Å². The zero-order valence-corrected chi connectivity index (χ0v) is 20.6. The average molecular weight is 532 g/mol. The zero-order chi connectivity index (χ0) is 26.3. The van der Waals surface area contributed by atoms with E-state index in [1.54, 1.807) is 18.0 Å². The highest BCUT2D eigenvalue weighted by atomic mass is 35.5. The van der Waals surface area contributed by atoms with Gasteiger partial charge in [-0.2, -0.15) is 0 Å². The van der Waals surface area contributed by atoms with Gasteiger partial charge in [-0.05, 0) is 54.8 Å². The van der Waals surface area contributed by atoms with Crippen molar-refractivity contribution in [2.24, 2.45) is 0 Å². The van der Waals surface area contributed by atoms with Gasteiger partial charge in [0.25, 0.3) is 11.8 Å². The summed E-state index contributed by atoms with van der Waals surface area (Å²) in [5.41, 5.74) is -0.553. The van der Waals surface area contributed by atoms with Gasteiger partial charge in [-0.3, -0.25) is 9.59 Å². The highest BCUT2D eigenvalue weighted by Gasteiger charge is 2.29. The molecule has 0 spiro atoms. The SMILES string of the molecule is CN1CCc2cc(-c3cc(C(=O)Nc4ccc(OC(F)(F)Cl)cc4)cnc3N3CCC(O)C3)[nH]c2C1=O. The van der Waals surface area contributed by atoms with E-state index in [1.807, 2.05) is 11.0 Å². The summed E-state index contributed by atoms with van der Waals surface area (Å²) in [4.78, 5) is 37.0. The monoisotopic (exact) mass is 531 g/mol. The zero-order valence-electron chi connectivity index (χ0n) is 19.8. The summed E-state index contributed by atoms with van der Waals surface area (Å²) in [5, 5.41) is 12.8. The number of pyridine rings is 1. The quantitative estimate of drug-likeness (QED) is 0.418. The summed E-state index contributed by atoms with van der Waals surface area (Å²) in [6.45, 7) is 1.62. The molecule has 2 aliphatic heterocycles. The number of carbonyl (C=O) groups excluding carboxylic acids is 2. The molecule has 2 amide bonds. The van der Waals surface area contributed by atoms with Gasteiger partial charge in [0.15, 0.2) is 0 Å². The first kappa shape index (κ1) is 25.0. The molecule has 3 aromatic rings. The summed E-state index contributed by atoms with van der Waals surface area (Å²) < 4.78 is 29.9. The van der Waals surface area contributed by atoms with Crippen molar-refractivity contribution >= 4 is 34.9 Å². The number of anilines is 2. The summed E-state index contributed by atoms with van der Waals surface area (Å²) in [7, 11) is 1.75. The molecule has 0 saturated carbocycles. The number of aliphatic hydroxyl groups excluding tert-OH is 1. The number of aliphatic hydroxyl groups is 1. The van der Waals surface area contributed by atoms with Gasteiger partial charge in [0, 0.05) is 55.7 Å². The first-order valence-electron chi connectivity index (χ1n) is 11.7. The molecule has 3 N–H and O–H groups in total. The number of H-pyrrole nitrogens is 1. The molecular formula is C25H24ClF2N5O4. The second-order valence-electron chi connectivity index (χ2n) is 9.07. The third-order valence-corrected chi connectivity index (χ3v) is 6.48. The third-order valence-electron chi connectivity index (χ3n) is 6.40. The molecule has 5 rings (SSSR count). The molecule has 1 aromatic carbocycles. The van der Waals surface area contributed by atoms with Gasteiger partial charge in [0.1, 0.15) is 17.3 Å². The number of aromatic amines is 1. The second-order valence-corrected chi connectivity index (χ2v) is 9.51. The first-order chi connectivity index (χ1) is 17.6. The Hall–Kier alpha value is -3.70. The molecule has 37 heavy (non-hydrogen) atoms. The van der Waals surface area contributed by atoms with E-state index in [4.69, 9.17) is 11.6 Å². The van der Waals surface area contributed by atoms with Crippen molar-refractivity contribution in [3.8, 4) is 17.0 Å². The first-order valence-corrected chi connectivity index (χ1v) is 12.0. The van der Waals surface area contributed by atoms with Crippen LogP contribution in [0.25, 0.3) is 11.3 Å². The van der Waals surface area contributed by atoms with Crippen LogP contribution in [0.15, 0.2) is 42.6 Å². The summed E-state index contributed by atoms with van der Waals surface area (Å²) in [5.74, 6) is -0.136. The molecule has 0 radical (unpaired) electrons. The van der Waals surface area contributed by atoms with E-state index < -0.39 is 17.6 Å². The van der Waals surface area contributed by atoms with Crippen molar-refractivity contribution in [3.63, 3.8) is 0 Å². The van der Waals surface area contributed by atoms with E-state index in [0.29, 0.717) is 60.9 Å². The van der Waals surface area contributed by atoms with E-state index in [2.05, 4.69) is 20.0 Å². The third kappa shape index (κ3) is 5.37. The van der Waals surface area contributed by atoms with Crippen LogP contribution in [0.2, 0.25) is 0 Å². The number of rotatable bonds is 6. The van der Waals surface area contributed by atoms with E-state index in [-0.39, 0.29) is 17.2 Å². The van der Waals surface area contributed by atoms with Crippen molar-refractivity contribution < 1.29 is 28.2 Å². The lowest BCUT2D eigenvalue weighted by atomic mass is 10.1. The van der Waals surface area contributed by atoms with Crippen LogP contribution in [0.3, 0.4) is 0 Å². The molecule has 0 aliphatic carbocycles. The Kier molecular flexibility index (Phi) is 6.50. The Bertz CT molecular complexity index is 1340. The molecule has 4 heterocycles. The fraction of sp³-hybridized carbons (Fsp3) is 0.320. The Morgan fingerprint density at radius 3 is 2.70 bits per heavy atom. The fourth-order valence-electron chi connectivity index (χ4n) is 4.52. The topological polar surface area (TPSA) is 111 Å². The molecule has 2 aromatic heterocycles. The molecule has 1 unspecified atom stereocenters. The number of β-amino-alcohol motifs (C(OH)–C–C–N with tert-alkyl or cyclic N) is 1. The number of carbonyl (C=O) groups is 2. The number of alkyl halides is 3. The van der Waals surface area contributed by atoms with Gasteiger partial charge < -0.3 is 29.9 Å². The van der Waals surface area contributed by atoms with E-state index >= 15 is 0 Å². The van der Waals surface area contributed by atoms with Crippen LogP contribution in [-0.4, -0.2) is 70.1 Å². The molecule has 1 fully saturated rings. The van der Waals surface area contributed by atoms with Gasteiger partial charge >= 0.3 is 5.57 Å². The predicted molar refractivity (Wildman–Crippen MR) is 133 cm³/mol. The number of amides is 2. The van der Waals surface area contributed by atoms with Crippen molar-refractivity contribution in [2.75, 3.05) is 36.9 Å². The molecule has 1 atom stereocenters. The lowest BCUT2D eigenvalue weighted by Gasteiger charge is -2.21. The molecule has 12 heteroatoms. The number of halogens is 3. The number of fused-ring (bicyclic) bond motifs is 1. The number of hydrogen-bond donors (Lipinski definition) is 3. The van der Waals surface area contributed by atoms with Crippen molar-refractivity contribution in [1.82, 2.24) is 14.9 Å². The standard InChI is InChI=1S/C25H24ClF2N5O4/c1-32-8-6-14-11-20(31-21(14)24(32)36)19-10-15(12-29-22(19)33-9-7-17(34)13-33)23(35)30-16-2-4-18(5-3-16)37-25(26,27)28/h2-5,10-12,17,31,34H,6-9,13H2,1H3,(H,30,35). The van der Waals surface area contributed by atoms with Crippen molar-refractivity contribution in [1.29, 1.82) is 0 Å². The normalized spacial score (nSPS) is 17.6. The number of likely N-dealkylation sites (N-methyl/N-ethyl adjacent to an activating group) is 1. The number of ether oxygens (including phenoxy) is 1. The van der Waals surface area contributed by atoms with Crippen molar-refractivity contribution in [2.45, 2.75) is 24.5 Å². The molecule has 2 aliphatic rings. The van der Waals surface area contributed by atoms with Crippen LogP contribution < -0.4 is 15.0 Å². The van der Waals surface area contributed by atoms with Gasteiger partial charge in [0.2, 0.25) is 0 Å². The smallest absolute Gasteiger partial charge is 0.420 e. The van der Waals surface area contributed by atoms with E-state index in [9.17, 15) is 23.5 Å². The fourth-order valence-corrected chi connectivity index (χ4v) is 4.61.